The Morgan fingerprint density at radius 2 is 2.25 bits per heavy atom. The maximum Gasteiger partial charge on any atom is 0.123 e. The highest BCUT2D eigenvalue weighted by Gasteiger charge is 2.11. The molecule has 0 aromatic heterocycles. The van der Waals surface area contributed by atoms with Crippen molar-refractivity contribution >= 4 is 11.6 Å². The average molecular weight is 133 g/mol. The molecule has 0 heterocycles. The Hall–Kier alpha value is -0.190. The minimum absolute atomic E-state index is 0.604. The van der Waals surface area contributed by atoms with E-state index in [1.165, 1.54) is 0 Å². The van der Waals surface area contributed by atoms with Gasteiger partial charge < -0.3 is 5.11 Å². The van der Waals surface area contributed by atoms with Crippen molar-refractivity contribution in [2.24, 2.45) is 0 Å². The first-order valence-electron chi connectivity index (χ1n) is 2.47. The molecule has 8 heavy (non-hydrogen) atoms. The van der Waals surface area contributed by atoms with Gasteiger partial charge in [0.2, 0.25) is 0 Å². The van der Waals surface area contributed by atoms with E-state index in [1.807, 2.05) is 6.92 Å². The highest BCUT2D eigenvalue weighted by atomic mass is 35.5. The molecule has 0 saturated carbocycles. The summed E-state index contributed by atoms with van der Waals surface area (Å²) in [5.41, 5.74) is -0.901. The fraction of sp³-hybridized carbons (Fsp3) is 0.667. The summed E-state index contributed by atoms with van der Waals surface area (Å²) in [5.74, 6) is 2.44. The zero-order valence-corrected chi connectivity index (χ0v) is 5.79. The molecule has 0 bridgehead atoms. The fourth-order valence-corrected chi connectivity index (χ4v) is 0.394. The SMILES string of the molecule is CCC(C)(O)C#CCl. The minimum atomic E-state index is -0.901. The lowest BCUT2D eigenvalue weighted by atomic mass is 10.1. The Morgan fingerprint density at radius 1 is 1.75 bits per heavy atom. The molecule has 0 radical (unpaired) electrons. The van der Waals surface area contributed by atoms with Crippen LogP contribution in [0.4, 0.5) is 0 Å². The van der Waals surface area contributed by atoms with Gasteiger partial charge in [-0.1, -0.05) is 12.8 Å². The van der Waals surface area contributed by atoms with Gasteiger partial charge in [0.05, 0.1) is 0 Å². The van der Waals surface area contributed by atoms with Crippen molar-refractivity contribution in [3.8, 4) is 11.3 Å². The van der Waals surface area contributed by atoms with Gasteiger partial charge >= 0.3 is 0 Å². The van der Waals surface area contributed by atoms with E-state index in [-0.39, 0.29) is 0 Å². The molecule has 0 aliphatic rings. The van der Waals surface area contributed by atoms with Crippen molar-refractivity contribution in [2.45, 2.75) is 25.9 Å². The van der Waals surface area contributed by atoms with Crippen LogP contribution in [0.25, 0.3) is 0 Å². The van der Waals surface area contributed by atoms with Crippen molar-refractivity contribution in [1.82, 2.24) is 0 Å². The van der Waals surface area contributed by atoms with E-state index in [0.717, 1.165) is 0 Å². The normalized spacial score (nSPS) is 16.0. The van der Waals surface area contributed by atoms with E-state index in [2.05, 4.69) is 11.3 Å². The largest absolute Gasteiger partial charge is 0.378 e. The molecule has 0 amide bonds. The molecule has 0 spiro atoms. The van der Waals surface area contributed by atoms with Crippen LogP contribution in [-0.2, 0) is 0 Å². The first-order chi connectivity index (χ1) is 3.62. The Balaban J connectivity index is 3.85. The summed E-state index contributed by atoms with van der Waals surface area (Å²) in [6.45, 7) is 3.48. The summed E-state index contributed by atoms with van der Waals surface area (Å²) in [5, 5.41) is 11.2. The van der Waals surface area contributed by atoms with E-state index < -0.39 is 5.60 Å². The molecule has 1 nitrogen and oxygen atoms in total. The number of aliphatic hydroxyl groups is 1. The highest BCUT2D eigenvalue weighted by Crippen LogP contribution is 2.04. The van der Waals surface area contributed by atoms with Crippen molar-refractivity contribution < 1.29 is 5.11 Å². The molecular weight excluding hydrogens is 124 g/mol. The first kappa shape index (κ1) is 7.81. The maximum atomic E-state index is 9.07. The second-order valence-electron chi connectivity index (χ2n) is 1.85. The molecule has 0 aromatic carbocycles. The van der Waals surface area contributed by atoms with Crippen LogP contribution in [0.15, 0.2) is 0 Å². The monoisotopic (exact) mass is 132 g/mol. The molecule has 0 saturated heterocycles. The molecule has 0 rings (SSSR count). The van der Waals surface area contributed by atoms with Crippen molar-refractivity contribution in [3.05, 3.63) is 0 Å². The van der Waals surface area contributed by atoms with Crippen LogP contribution in [0.5, 0.6) is 0 Å². The zero-order valence-electron chi connectivity index (χ0n) is 5.03. The topological polar surface area (TPSA) is 20.2 Å². The molecule has 1 N–H and O–H groups in total. The van der Waals surface area contributed by atoms with Crippen molar-refractivity contribution in [1.29, 1.82) is 0 Å². The summed E-state index contributed by atoms with van der Waals surface area (Å²) in [6, 6.07) is 0. The minimum Gasteiger partial charge on any atom is -0.378 e. The van der Waals surface area contributed by atoms with E-state index >= 15 is 0 Å². The van der Waals surface area contributed by atoms with Crippen LogP contribution in [0.3, 0.4) is 0 Å². The predicted octanol–water partition coefficient (Wildman–Crippen LogP) is 1.35. The maximum absolute atomic E-state index is 9.07. The number of halogens is 1. The van der Waals surface area contributed by atoms with Gasteiger partial charge in [-0.25, -0.2) is 0 Å². The third kappa shape index (κ3) is 2.90. The van der Waals surface area contributed by atoms with E-state index in [1.54, 1.807) is 6.92 Å². The van der Waals surface area contributed by atoms with Crippen LogP contribution in [0.1, 0.15) is 20.3 Å². The van der Waals surface area contributed by atoms with Gasteiger partial charge in [0.15, 0.2) is 0 Å². The van der Waals surface area contributed by atoms with Gasteiger partial charge in [-0.05, 0) is 24.9 Å². The fourth-order valence-electron chi connectivity index (χ4n) is 0.190. The van der Waals surface area contributed by atoms with E-state index in [4.69, 9.17) is 16.7 Å². The molecule has 0 fully saturated rings. The number of rotatable bonds is 1. The van der Waals surface area contributed by atoms with Crippen LogP contribution < -0.4 is 0 Å². The van der Waals surface area contributed by atoms with E-state index in [9.17, 15) is 0 Å². The van der Waals surface area contributed by atoms with Gasteiger partial charge in [0, 0.05) is 5.38 Å². The van der Waals surface area contributed by atoms with Crippen LogP contribution >= 0.6 is 11.6 Å². The van der Waals surface area contributed by atoms with Gasteiger partial charge in [-0.15, -0.1) is 0 Å². The summed E-state index contributed by atoms with van der Waals surface area (Å²) in [6.07, 6.45) is 0.604. The highest BCUT2D eigenvalue weighted by molar-refractivity contribution is 6.30. The molecule has 46 valence electrons. The Bertz CT molecular complexity index is 118. The molecule has 0 aliphatic carbocycles. The Morgan fingerprint density at radius 3 is 2.38 bits per heavy atom. The molecular formula is C6H9ClO. The van der Waals surface area contributed by atoms with Crippen molar-refractivity contribution in [3.63, 3.8) is 0 Å². The van der Waals surface area contributed by atoms with Crippen LogP contribution in [-0.4, -0.2) is 10.7 Å². The molecule has 1 unspecified atom stereocenters. The predicted molar refractivity (Wildman–Crippen MR) is 34.5 cm³/mol. The molecule has 0 aromatic rings. The van der Waals surface area contributed by atoms with Gasteiger partial charge in [0.1, 0.15) is 5.60 Å². The van der Waals surface area contributed by atoms with Gasteiger partial charge in [0.25, 0.3) is 0 Å². The zero-order chi connectivity index (χ0) is 6.62. The average Bonchev–Trinajstić information content (AvgIpc) is 1.67. The lowest BCUT2D eigenvalue weighted by molar-refractivity contribution is 0.118. The van der Waals surface area contributed by atoms with E-state index in [0.29, 0.717) is 6.42 Å². The smallest absolute Gasteiger partial charge is 0.123 e. The second-order valence-corrected chi connectivity index (χ2v) is 2.04. The van der Waals surface area contributed by atoms with Gasteiger partial charge in [-0.2, -0.15) is 0 Å². The third-order valence-electron chi connectivity index (χ3n) is 1.00. The van der Waals surface area contributed by atoms with Crippen LogP contribution in [0, 0.1) is 11.3 Å². The van der Waals surface area contributed by atoms with Gasteiger partial charge in [-0.3, -0.25) is 0 Å². The standard InChI is InChI=1S/C6H9ClO/c1-3-6(2,8)4-5-7/h8H,3H2,1-2H3. The summed E-state index contributed by atoms with van der Waals surface area (Å²) >= 11 is 5.04. The first-order valence-corrected chi connectivity index (χ1v) is 2.85. The lowest BCUT2D eigenvalue weighted by Gasteiger charge is -2.10. The number of hydrogen-bond donors (Lipinski definition) is 1. The lowest BCUT2D eigenvalue weighted by Crippen LogP contribution is -2.18. The second kappa shape index (κ2) is 2.96. The summed E-state index contributed by atoms with van der Waals surface area (Å²) < 4.78 is 0. The third-order valence-corrected chi connectivity index (χ3v) is 1.10. The molecule has 0 aliphatic heterocycles. The van der Waals surface area contributed by atoms with Crippen LogP contribution in [0.2, 0.25) is 0 Å². The van der Waals surface area contributed by atoms with Crippen molar-refractivity contribution in [2.75, 3.05) is 0 Å². The molecule has 2 heteroatoms. The summed E-state index contributed by atoms with van der Waals surface area (Å²) in [4.78, 5) is 0. The number of hydrogen-bond acceptors (Lipinski definition) is 1. The molecule has 1 atom stereocenters. The quantitative estimate of drug-likeness (QED) is 0.534. The summed E-state index contributed by atoms with van der Waals surface area (Å²) in [7, 11) is 0. The Labute approximate surface area is 54.7 Å². The Kier molecular flexibility index (Phi) is 2.89.